The van der Waals surface area contributed by atoms with E-state index in [1.807, 2.05) is 0 Å². The first-order valence-corrected chi connectivity index (χ1v) is 3.59. The van der Waals surface area contributed by atoms with Gasteiger partial charge in [-0.1, -0.05) is 0 Å². The second-order valence-electron chi connectivity index (χ2n) is 3.15. The molecule has 0 aromatic rings. The lowest BCUT2D eigenvalue weighted by molar-refractivity contribution is -0.148. The maximum absolute atomic E-state index is 12.2. The van der Waals surface area contributed by atoms with Crippen molar-refractivity contribution in [1.82, 2.24) is 0 Å². The minimum absolute atomic E-state index is 0.240. The third-order valence-electron chi connectivity index (χ3n) is 1.94. The molecule has 1 unspecified atom stereocenters. The lowest BCUT2D eigenvalue weighted by atomic mass is 9.77. The molecule has 2 nitrogen and oxygen atoms in total. The van der Waals surface area contributed by atoms with Gasteiger partial charge >= 0.3 is 0 Å². The van der Waals surface area contributed by atoms with Crippen LogP contribution in [0.25, 0.3) is 0 Å². The fourth-order valence-corrected chi connectivity index (χ4v) is 1.23. The number of hydrogen-bond donors (Lipinski definition) is 1. The van der Waals surface area contributed by atoms with Crippen LogP contribution in [-0.2, 0) is 4.79 Å². The van der Waals surface area contributed by atoms with E-state index in [0.717, 1.165) is 0 Å². The highest BCUT2D eigenvalue weighted by atomic mass is 19.3. The van der Waals surface area contributed by atoms with Crippen molar-refractivity contribution in [1.29, 1.82) is 0 Å². The molecule has 1 aliphatic rings. The molecule has 2 N–H and O–H groups in total. The molecule has 0 aromatic carbocycles. The molecule has 1 rings (SSSR count). The van der Waals surface area contributed by atoms with Crippen molar-refractivity contribution in [2.24, 2.45) is 11.7 Å². The van der Waals surface area contributed by atoms with E-state index >= 15 is 0 Å². The molecule has 1 aliphatic carbocycles. The van der Waals surface area contributed by atoms with Crippen molar-refractivity contribution in [2.45, 2.75) is 31.7 Å². The molecule has 1 fully saturated rings. The normalized spacial score (nSPS) is 25.8. The van der Waals surface area contributed by atoms with Gasteiger partial charge in [0.1, 0.15) is 0 Å². The molecule has 0 spiro atoms. The van der Waals surface area contributed by atoms with Crippen molar-refractivity contribution in [2.75, 3.05) is 0 Å². The van der Waals surface area contributed by atoms with E-state index in [1.165, 1.54) is 6.92 Å². The number of carbonyl (C=O) groups excluding carboxylic acids is 1. The van der Waals surface area contributed by atoms with Gasteiger partial charge in [0.05, 0.1) is 6.04 Å². The number of ketones is 1. The zero-order valence-corrected chi connectivity index (χ0v) is 6.31. The summed E-state index contributed by atoms with van der Waals surface area (Å²) in [5.41, 5.74) is 5.24. The smallest absolute Gasteiger partial charge is 0.249 e. The van der Waals surface area contributed by atoms with E-state index < -0.39 is 17.9 Å². The predicted molar refractivity (Wildman–Crippen MR) is 36.3 cm³/mol. The van der Waals surface area contributed by atoms with Crippen molar-refractivity contribution in [3.63, 3.8) is 0 Å². The van der Waals surface area contributed by atoms with Crippen LogP contribution in [0.1, 0.15) is 19.8 Å². The van der Waals surface area contributed by atoms with Gasteiger partial charge in [0.2, 0.25) is 5.92 Å². The summed E-state index contributed by atoms with van der Waals surface area (Å²) in [6, 6.07) is -0.601. The Morgan fingerprint density at radius 3 is 2.36 bits per heavy atom. The van der Waals surface area contributed by atoms with Crippen molar-refractivity contribution >= 4 is 5.78 Å². The fraction of sp³-hybridized carbons (Fsp3) is 0.857. The summed E-state index contributed by atoms with van der Waals surface area (Å²) in [6.45, 7) is 1.53. The summed E-state index contributed by atoms with van der Waals surface area (Å²) in [6.07, 6.45) is -0.624. The quantitative estimate of drug-likeness (QED) is 0.658. The summed E-state index contributed by atoms with van der Waals surface area (Å²) in [5, 5.41) is 0. The maximum Gasteiger partial charge on any atom is 0.249 e. The lowest BCUT2D eigenvalue weighted by Gasteiger charge is -2.34. The van der Waals surface area contributed by atoms with Crippen LogP contribution < -0.4 is 5.73 Å². The molecule has 11 heavy (non-hydrogen) atoms. The lowest BCUT2D eigenvalue weighted by Crippen LogP contribution is -2.45. The number of nitrogens with two attached hydrogens (primary N) is 1. The topological polar surface area (TPSA) is 43.1 Å². The fourth-order valence-electron chi connectivity index (χ4n) is 1.23. The Morgan fingerprint density at radius 1 is 1.64 bits per heavy atom. The molecule has 0 radical (unpaired) electrons. The second-order valence-corrected chi connectivity index (χ2v) is 3.15. The average molecular weight is 163 g/mol. The Labute approximate surface area is 63.8 Å². The highest BCUT2D eigenvalue weighted by Gasteiger charge is 2.48. The molecule has 64 valence electrons. The predicted octanol–water partition coefficient (Wildman–Crippen LogP) is 0.948. The van der Waals surface area contributed by atoms with Crippen LogP contribution >= 0.6 is 0 Å². The molecular formula is C7H11F2NO. The molecule has 1 saturated carbocycles. The van der Waals surface area contributed by atoms with Crippen LogP contribution in [0.4, 0.5) is 8.78 Å². The largest absolute Gasteiger partial charge is 0.322 e. The van der Waals surface area contributed by atoms with E-state index in [2.05, 4.69) is 0 Å². The van der Waals surface area contributed by atoms with Gasteiger partial charge in [-0.15, -0.1) is 0 Å². The van der Waals surface area contributed by atoms with Crippen LogP contribution in [-0.4, -0.2) is 17.7 Å². The van der Waals surface area contributed by atoms with Gasteiger partial charge in [-0.05, 0) is 6.92 Å². The first-order valence-electron chi connectivity index (χ1n) is 3.59. The van der Waals surface area contributed by atoms with Gasteiger partial charge in [0.15, 0.2) is 5.78 Å². The molecule has 0 aromatic heterocycles. The number of carbonyl (C=O) groups is 1. The Morgan fingerprint density at radius 2 is 2.09 bits per heavy atom. The van der Waals surface area contributed by atoms with Gasteiger partial charge in [0, 0.05) is 18.8 Å². The van der Waals surface area contributed by atoms with E-state index in [-0.39, 0.29) is 18.6 Å². The summed E-state index contributed by atoms with van der Waals surface area (Å²) < 4.78 is 24.4. The molecular weight excluding hydrogens is 152 g/mol. The minimum Gasteiger partial charge on any atom is -0.322 e. The van der Waals surface area contributed by atoms with Crippen LogP contribution in [0.2, 0.25) is 0 Å². The second kappa shape index (κ2) is 2.52. The Bertz CT molecular complexity index is 171. The Kier molecular flexibility index (Phi) is 1.96. The van der Waals surface area contributed by atoms with E-state index in [9.17, 15) is 13.6 Å². The molecule has 0 aliphatic heterocycles. The van der Waals surface area contributed by atoms with Crippen molar-refractivity contribution in [3.05, 3.63) is 0 Å². The number of Topliss-reactive ketones (excluding diaryl/α,β-unsaturated/α-hetero) is 1. The van der Waals surface area contributed by atoms with E-state index in [1.54, 1.807) is 0 Å². The van der Waals surface area contributed by atoms with Crippen LogP contribution in [0.3, 0.4) is 0 Å². The molecule has 1 atom stereocenters. The molecule has 4 heteroatoms. The van der Waals surface area contributed by atoms with Crippen LogP contribution in [0.5, 0.6) is 0 Å². The third-order valence-corrected chi connectivity index (χ3v) is 1.94. The van der Waals surface area contributed by atoms with Crippen LogP contribution in [0.15, 0.2) is 0 Å². The van der Waals surface area contributed by atoms with Gasteiger partial charge in [0.25, 0.3) is 0 Å². The third kappa shape index (κ3) is 1.74. The zero-order valence-electron chi connectivity index (χ0n) is 6.31. The number of hydrogen-bond acceptors (Lipinski definition) is 2. The number of halogens is 2. The summed E-state index contributed by atoms with van der Waals surface area (Å²) >= 11 is 0. The number of rotatable bonds is 2. The average Bonchev–Trinajstić information content (AvgIpc) is 1.80. The summed E-state index contributed by atoms with van der Waals surface area (Å²) in [4.78, 5) is 11.0. The van der Waals surface area contributed by atoms with Gasteiger partial charge in [-0.2, -0.15) is 0 Å². The van der Waals surface area contributed by atoms with Crippen molar-refractivity contribution in [3.8, 4) is 0 Å². The minimum atomic E-state index is -2.62. The molecule has 0 amide bonds. The highest BCUT2D eigenvalue weighted by molar-refractivity contribution is 5.86. The van der Waals surface area contributed by atoms with Gasteiger partial charge < -0.3 is 5.73 Å². The molecule has 0 saturated heterocycles. The Balaban J connectivity index is 2.38. The highest BCUT2D eigenvalue weighted by Crippen LogP contribution is 2.42. The summed E-state index contributed by atoms with van der Waals surface area (Å²) in [5.74, 6) is -3.35. The van der Waals surface area contributed by atoms with E-state index in [4.69, 9.17) is 5.73 Å². The SMILES string of the molecule is CC(N)C(=O)C1CC(F)(F)C1. The van der Waals surface area contributed by atoms with Crippen LogP contribution in [0, 0.1) is 5.92 Å². The monoisotopic (exact) mass is 163 g/mol. The standard InChI is InChI=1S/C7H11F2NO/c1-4(10)6(11)5-2-7(8,9)3-5/h4-5H,2-3,10H2,1H3. The summed E-state index contributed by atoms with van der Waals surface area (Å²) in [7, 11) is 0. The first-order chi connectivity index (χ1) is 4.92. The number of alkyl halides is 2. The van der Waals surface area contributed by atoms with Gasteiger partial charge in [-0.25, -0.2) is 8.78 Å². The first kappa shape index (κ1) is 8.59. The molecule has 0 bridgehead atoms. The van der Waals surface area contributed by atoms with Gasteiger partial charge in [-0.3, -0.25) is 4.79 Å². The maximum atomic E-state index is 12.2. The van der Waals surface area contributed by atoms with Crippen molar-refractivity contribution < 1.29 is 13.6 Å². The zero-order chi connectivity index (χ0) is 8.65. The molecule has 0 heterocycles. The van der Waals surface area contributed by atoms with E-state index in [0.29, 0.717) is 0 Å². The Hall–Kier alpha value is -0.510.